The minimum atomic E-state index is -0.941. The lowest BCUT2D eigenvalue weighted by molar-refractivity contribution is -0.177. The number of aliphatic hydroxyl groups excluding tert-OH is 3. The van der Waals surface area contributed by atoms with Crippen LogP contribution in [0.5, 0.6) is 11.5 Å². The molecule has 6 atom stereocenters. The standard InChI is InChI=1S/C35H65NO10/c1-9-32(4,27-46-34(6,11-3)17-20-41-24-28(38)16-19-37)35(7,36)45-21-18-33(5,10-2)44-23-22-42-25-29(39)26-43-31-14-12-30(40-8)13-15-31/h12-15,28-29,37-39H,9-11,16-27,36H2,1-8H3. The summed E-state index contributed by atoms with van der Waals surface area (Å²) in [6, 6.07) is 7.18. The number of hydrogen-bond donors (Lipinski definition) is 4. The third-order valence-corrected chi connectivity index (χ3v) is 9.28. The van der Waals surface area contributed by atoms with Crippen LogP contribution >= 0.6 is 0 Å². The van der Waals surface area contributed by atoms with Crippen molar-refractivity contribution < 1.29 is 48.5 Å². The van der Waals surface area contributed by atoms with Crippen molar-refractivity contribution in [3.63, 3.8) is 0 Å². The molecule has 11 heteroatoms. The summed E-state index contributed by atoms with van der Waals surface area (Å²) in [7, 11) is 1.61. The fourth-order valence-corrected chi connectivity index (χ4v) is 4.50. The lowest BCUT2D eigenvalue weighted by atomic mass is 9.78. The fraction of sp³-hybridized carbons (Fsp3) is 0.829. The van der Waals surface area contributed by atoms with Crippen molar-refractivity contribution >= 4 is 0 Å². The van der Waals surface area contributed by atoms with Gasteiger partial charge in [0.05, 0.1) is 64.1 Å². The molecule has 0 heterocycles. The summed E-state index contributed by atoms with van der Waals surface area (Å²) in [5, 5.41) is 28.9. The molecule has 0 radical (unpaired) electrons. The highest BCUT2D eigenvalue weighted by Gasteiger charge is 2.43. The van der Waals surface area contributed by atoms with Crippen LogP contribution < -0.4 is 15.2 Å². The van der Waals surface area contributed by atoms with Crippen molar-refractivity contribution in [2.24, 2.45) is 11.1 Å². The van der Waals surface area contributed by atoms with Crippen molar-refractivity contribution in [3.8, 4) is 11.5 Å². The fourth-order valence-electron chi connectivity index (χ4n) is 4.50. The van der Waals surface area contributed by atoms with Crippen LogP contribution in [0.4, 0.5) is 0 Å². The normalized spacial score (nSPS) is 18.5. The molecule has 0 aromatic heterocycles. The Balaban J connectivity index is 2.46. The lowest BCUT2D eigenvalue weighted by Crippen LogP contribution is -2.57. The van der Waals surface area contributed by atoms with E-state index in [1.165, 1.54) is 0 Å². The zero-order valence-corrected chi connectivity index (χ0v) is 29.8. The molecule has 0 fully saturated rings. The van der Waals surface area contributed by atoms with Crippen LogP contribution in [0.3, 0.4) is 0 Å². The highest BCUT2D eigenvalue weighted by atomic mass is 16.6. The molecule has 5 N–H and O–H groups in total. The van der Waals surface area contributed by atoms with Crippen molar-refractivity contribution in [1.29, 1.82) is 0 Å². The predicted octanol–water partition coefficient (Wildman–Crippen LogP) is 4.47. The molecule has 1 rings (SSSR count). The molecule has 0 bridgehead atoms. The molecule has 0 spiro atoms. The third kappa shape index (κ3) is 15.6. The summed E-state index contributed by atoms with van der Waals surface area (Å²) >= 11 is 0. The first-order valence-corrected chi connectivity index (χ1v) is 16.8. The average Bonchev–Trinajstić information content (AvgIpc) is 3.04. The highest BCUT2D eigenvalue weighted by molar-refractivity contribution is 5.31. The molecule has 1 aromatic rings. The first kappa shape index (κ1) is 42.5. The van der Waals surface area contributed by atoms with Gasteiger partial charge in [-0.1, -0.05) is 27.7 Å². The molecule has 270 valence electrons. The second-order valence-corrected chi connectivity index (χ2v) is 13.1. The molecule has 1 aromatic carbocycles. The smallest absolute Gasteiger partial charge is 0.121 e. The molecular formula is C35H65NO10. The number of hydrogen-bond acceptors (Lipinski definition) is 11. The Bertz CT molecular complexity index is 919. The molecule has 0 amide bonds. The maximum absolute atomic E-state index is 10.2. The van der Waals surface area contributed by atoms with E-state index in [4.69, 9.17) is 44.0 Å². The highest BCUT2D eigenvalue weighted by Crippen LogP contribution is 2.37. The zero-order chi connectivity index (χ0) is 34.7. The van der Waals surface area contributed by atoms with E-state index in [1.54, 1.807) is 31.4 Å². The van der Waals surface area contributed by atoms with E-state index >= 15 is 0 Å². The van der Waals surface area contributed by atoms with Gasteiger partial charge in [-0.3, -0.25) is 0 Å². The second-order valence-electron chi connectivity index (χ2n) is 13.1. The van der Waals surface area contributed by atoms with Gasteiger partial charge in [-0.2, -0.15) is 0 Å². The van der Waals surface area contributed by atoms with Crippen LogP contribution in [0, 0.1) is 5.41 Å². The van der Waals surface area contributed by atoms with Crippen molar-refractivity contribution in [3.05, 3.63) is 24.3 Å². The van der Waals surface area contributed by atoms with E-state index in [0.717, 1.165) is 25.0 Å². The van der Waals surface area contributed by atoms with Gasteiger partial charge < -0.3 is 54.2 Å². The third-order valence-electron chi connectivity index (χ3n) is 9.28. The zero-order valence-electron chi connectivity index (χ0n) is 29.8. The second kappa shape index (κ2) is 21.4. The molecule has 0 saturated heterocycles. The number of aliphatic hydroxyl groups is 3. The van der Waals surface area contributed by atoms with Gasteiger partial charge in [0.15, 0.2) is 0 Å². The SMILES string of the molecule is CCC(C)(CCOC(C)(N)C(C)(CC)COC(C)(CC)CCOCC(O)CCO)OCCOCC(O)COc1ccc(OC)cc1. The Kier molecular flexibility index (Phi) is 19.8. The minimum Gasteiger partial charge on any atom is -0.497 e. The van der Waals surface area contributed by atoms with Crippen LogP contribution in [-0.4, -0.2) is 111 Å². The maximum atomic E-state index is 10.2. The summed E-state index contributed by atoms with van der Waals surface area (Å²) in [5.41, 5.74) is 4.58. The topological polar surface area (TPSA) is 151 Å². The Morgan fingerprint density at radius 3 is 1.85 bits per heavy atom. The Morgan fingerprint density at radius 2 is 1.26 bits per heavy atom. The summed E-state index contributed by atoms with van der Waals surface area (Å²) in [5.74, 6) is 1.39. The molecule has 0 aliphatic heterocycles. The van der Waals surface area contributed by atoms with Gasteiger partial charge in [-0.05, 0) is 83.6 Å². The number of methoxy groups -OCH3 is 1. The number of rotatable bonds is 28. The molecule has 6 unspecified atom stereocenters. The van der Waals surface area contributed by atoms with E-state index in [9.17, 15) is 10.2 Å². The molecule has 0 aliphatic carbocycles. The van der Waals surface area contributed by atoms with Gasteiger partial charge in [0.1, 0.15) is 29.9 Å². The largest absolute Gasteiger partial charge is 0.497 e. The van der Waals surface area contributed by atoms with Crippen LogP contribution in [-0.2, 0) is 23.7 Å². The summed E-state index contributed by atoms with van der Waals surface area (Å²) in [4.78, 5) is 0. The number of benzene rings is 1. The Hall–Kier alpha value is -1.54. The van der Waals surface area contributed by atoms with Gasteiger partial charge in [-0.25, -0.2) is 0 Å². The van der Waals surface area contributed by atoms with E-state index in [0.29, 0.717) is 58.0 Å². The Labute approximate surface area is 278 Å². The number of nitrogens with two attached hydrogens (primary N) is 1. The van der Waals surface area contributed by atoms with Gasteiger partial charge in [0.25, 0.3) is 0 Å². The van der Waals surface area contributed by atoms with Crippen LogP contribution in [0.15, 0.2) is 24.3 Å². The minimum absolute atomic E-state index is 0.0640. The Morgan fingerprint density at radius 1 is 0.696 bits per heavy atom. The molecule has 0 saturated carbocycles. The number of ether oxygens (including phenoxy) is 7. The maximum Gasteiger partial charge on any atom is 0.121 e. The average molecular weight is 660 g/mol. The van der Waals surface area contributed by atoms with Crippen molar-refractivity contribution in [2.45, 2.75) is 116 Å². The monoisotopic (exact) mass is 659 g/mol. The summed E-state index contributed by atoms with van der Waals surface area (Å²) in [6.07, 6.45) is 2.55. The van der Waals surface area contributed by atoms with Crippen LogP contribution in [0.1, 0.15) is 87.0 Å². The van der Waals surface area contributed by atoms with Gasteiger partial charge in [-0.15, -0.1) is 0 Å². The van der Waals surface area contributed by atoms with E-state index < -0.39 is 34.6 Å². The summed E-state index contributed by atoms with van der Waals surface area (Å²) in [6.45, 7) is 16.8. The predicted molar refractivity (Wildman–Crippen MR) is 179 cm³/mol. The van der Waals surface area contributed by atoms with Gasteiger partial charge >= 0.3 is 0 Å². The van der Waals surface area contributed by atoms with Crippen molar-refractivity contribution in [1.82, 2.24) is 0 Å². The molecular weight excluding hydrogens is 594 g/mol. The first-order valence-electron chi connectivity index (χ1n) is 16.8. The van der Waals surface area contributed by atoms with Gasteiger partial charge in [0, 0.05) is 18.6 Å². The molecule has 46 heavy (non-hydrogen) atoms. The quantitative estimate of drug-likeness (QED) is 0.0745. The van der Waals surface area contributed by atoms with Crippen LogP contribution in [0.25, 0.3) is 0 Å². The lowest BCUT2D eigenvalue weighted by Gasteiger charge is -2.45. The van der Waals surface area contributed by atoms with Gasteiger partial charge in [0.2, 0.25) is 0 Å². The molecule has 0 aliphatic rings. The van der Waals surface area contributed by atoms with Crippen LogP contribution in [0.2, 0.25) is 0 Å². The van der Waals surface area contributed by atoms with E-state index in [1.807, 2.05) is 6.92 Å². The summed E-state index contributed by atoms with van der Waals surface area (Å²) < 4.78 is 41.0. The molecule has 11 nitrogen and oxygen atoms in total. The van der Waals surface area contributed by atoms with Crippen molar-refractivity contribution in [2.75, 3.05) is 66.6 Å². The van der Waals surface area contributed by atoms with E-state index in [-0.39, 0.29) is 26.4 Å². The van der Waals surface area contributed by atoms with E-state index in [2.05, 4.69) is 41.5 Å². The first-order chi connectivity index (χ1) is 21.7.